The maximum atomic E-state index is 12.8. The molecule has 2 aliphatic rings. The van der Waals surface area contributed by atoms with E-state index in [1.807, 2.05) is 0 Å². The Morgan fingerprint density at radius 3 is 2.53 bits per heavy atom. The number of hydrogen-bond donors (Lipinski definition) is 1. The molecule has 3 heterocycles. The van der Waals surface area contributed by atoms with Crippen LogP contribution in [0, 0.1) is 5.41 Å². The summed E-state index contributed by atoms with van der Waals surface area (Å²) in [6, 6.07) is 8.77. The van der Waals surface area contributed by atoms with Crippen LogP contribution in [0.15, 0.2) is 48.9 Å². The summed E-state index contributed by atoms with van der Waals surface area (Å²) in [4.78, 5) is 35.4. The summed E-state index contributed by atoms with van der Waals surface area (Å²) in [7, 11) is 0. The summed E-state index contributed by atoms with van der Waals surface area (Å²) in [5, 5.41) is 11.7. The van der Waals surface area contributed by atoms with E-state index in [9.17, 15) is 9.59 Å². The number of amides is 1. The molecule has 0 spiro atoms. The van der Waals surface area contributed by atoms with Crippen LogP contribution in [0.4, 0.5) is 5.95 Å². The summed E-state index contributed by atoms with van der Waals surface area (Å²) in [5.41, 5.74) is 3.73. The van der Waals surface area contributed by atoms with Crippen LogP contribution >= 0.6 is 0 Å². The van der Waals surface area contributed by atoms with E-state index in [-0.39, 0.29) is 24.5 Å². The van der Waals surface area contributed by atoms with Gasteiger partial charge in [0, 0.05) is 49.1 Å². The van der Waals surface area contributed by atoms with Crippen molar-refractivity contribution in [1.82, 2.24) is 29.9 Å². The molecule has 1 aliphatic heterocycles. The molecule has 1 fully saturated rings. The highest BCUT2D eigenvalue weighted by Crippen LogP contribution is 2.26. The Morgan fingerprint density at radius 2 is 1.84 bits per heavy atom. The number of carbonyl (C=O) groups is 2. The van der Waals surface area contributed by atoms with Gasteiger partial charge in [0.15, 0.2) is 6.73 Å². The van der Waals surface area contributed by atoms with Crippen molar-refractivity contribution >= 4 is 23.9 Å². The van der Waals surface area contributed by atoms with Crippen molar-refractivity contribution in [2.75, 3.05) is 18.4 Å². The van der Waals surface area contributed by atoms with Crippen LogP contribution in [0.1, 0.15) is 55.5 Å². The number of rotatable bonds is 7. The van der Waals surface area contributed by atoms with Gasteiger partial charge in [0.05, 0.1) is 17.3 Å². The molecule has 1 saturated heterocycles. The Labute approximate surface area is 222 Å². The number of nitrogens with zero attached hydrogens (tertiary/aromatic N) is 6. The molecule has 1 aliphatic carbocycles. The molecule has 0 bridgehead atoms. The van der Waals surface area contributed by atoms with E-state index in [2.05, 4.69) is 49.9 Å². The second-order valence-electron chi connectivity index (χ2n) is 11.0. The van der Waals surface area contributed by atoms with Crippen molar-refractivity contribution in [1.29, 1.82) is 0 Å². The van der Waals surface area contributed by atoms with Crippen LogP contribution in [0.3, 0.4) is 0 Å². The summed E-state index contributed by atoms with van der Waals surface area (Å²) in [5.74, 6) is 0.324. The van der Waals surface area contributed by atoms with E-state index < -0.39 is 5.41 Å². The number of carbonyl (C=O) groups excluding carboxylic acids is 2. The van der Waals surface area contributed by atoms with Crippen LogP contribution in [0.5, 0.6) is 0 Å². The number of nitrogens with one attached hydrogen (secondary N) is 1. The predicted molar refractivity (Wildman–Crippen MR) is 142 cm³/mol. The fraction of sp³-hybridized carbons (Fsp3) is 0.429. The fourth-order valence-corrected chi connectivity index (χ4v) is 4.72. The van der Waals surface area contributed by atoms with Gasteiger partial charge in [0.2, 0.25) is 11.9 Å². The maximum Gasteiger partial charge on any atom is 0.313 e. The standard InChI is InChI=1S/C28H33N7O3/c1-28(2,3)26(37)38-18-35-17-24(32-33-35)22-10-11-34(16-22)25(36)9-8-19-14-29-27(30-15-19)31-23-12-20-6-4-5-7-21(20)13-23/h4-9,14-15,17,22-23H,10-13,16,18H2,1-3H3,(H,29,30,31)/b9-8+. The Morgan fingerprint density at radius 1 is 1.13 bits per heavy atom. The SMILES string of the molecule is CC(C)(C)C(=O)OCn1cc(C2CCN(C(=O)/C=C/c3cnc(NC4Cc5ccccc5C4)nc3)C2)nn1. The largest absolute Gasteiger partial charge is 0.442 e. The molecule has 1 atom stereocenters. The van der Waals surface area contributed by atoms with Crippen molar-refractivity contribution in [2.24, 2.45) is 5.41 Å². The number of aromatic nitrogens is 5. The number of benzene rings is 1. The summed E-state index contributed by atoms with van der Waals surface area (Å²) >= 11 is 0. The van der Waals surface area contributed by atoms with Gasteiger partial charge >= 0.3 is 5.97 Å². The van der Waals surface area contributed by atoms with Gasteiger partial charge in [-0.2, -0.15) is 0 Å². The Hall–Kier alpha value is -4.08. The van der Waals surface area contributed by atoms with Crippen LogP contribution in [-0.2, 0) is 33.9 Å². The molecule has 10 heteroatoms. The number of ether oxygens (including phenoxy) is 1. The molecule has 1 N–H and O–H groups in total. The zero-order chi connectivity index (χ0) is 26.7. The van der Waals surface area contributed by atoms with Gasteiger partial charge in [-0.25, -0.2) is 14.6 Å². The van der Waals surface area contributed by atoms with Gasteiger partial charge in [-0.05, 0) is 57.2 Å². The molecule has 2 aromatic heterocycles. The minimum absolute atomic E-state index is 0.0197. The number of fused-ring (bicyclic) bond motifs is 1. The van der Waals surface area contributed by atoms with E-state index in [1.165, 1.54) is 15.8 Å². The number of hydrogen-bond acceptors (Lipinski definition) is 8. The zero-order valence-corrected chi connectivity index (χ0v) is 22.0. The molecular weight excluding hydrogens is 482 g/mol. The summed E-state index contributed by atoms with van der Waals surface area (Å²) in [6.45, 7) is 6.63. The lowest BCUT2D eigenvalue weighted by atomic mass is 9.98. The Bertz CT molecular complexity index is 1300. The van der Waals surface area contributed by atoms with Gasteiger partial charge in [-0.15, -0.1) is 5.10 Å². The van der Waals surface area contributed by atoms with Crippen molar-refractivity contribution in [3.8, 4) is 0 Å². The van der Waals surface area contributed by atoms with Crippen LogP contribution in [0.2, 0.25) is 0 Å². The van der Waals surface area contributed by atoms with E-state index >= 15 is 0 Å². The lowest BCUT2D eigenvalue weighted by Gasteiger charge is -2.16. The highest BCUT2D eigenvalue weighted by Gasteiger charge is 2.29. The molecule has 3 aromatic rings. The highest BCUT2D eigenvalue weighted by atomic mass is 16.5. The van der Waals surface area contributed by atoms with E-state index in [4.69, 9.17) is 4.74 Å². The fourth-order valence-electron chi connectivity index (χ4n) is 4.72. The zero-order valence-electron chi connectivity index (χ0n) is 22.0. The average molecular weight is 516 g/mol. The monoisotopic (exact) mass is 515 g/mol. The molecule has 5 rings (SSSR count). The van der Waals surface area contributed by atoms with Gasteiger partial charge in [-0.1, -0.05) is 29.5 Å². The molecule has 1 aromatic carbocycles. The first kappa shape index (κ1) is 25.6. The Kier molecular flexibility index (Phi) is 7.22. The number of likely N-dealkylation sites (tertiary alicyclic amines) is 1. The normalized spacial score (nSPS) is 17.7. The molecule has 0 radical (unpaired) electrons. The third kappa shape index (κ3) is 6.07. The number of esters is 1. The molecule has 10 nitrogen and oxygen atoms in total. The first-order valence-corrected chi connectivity index (χ1v) is 12.9. The van der Waals surface area contributed by atoms with Crippen molar-refractivity contribution in [2.45, 2.75) is 58.7 Å². The smallest absolute Gasteiger partial charge is 0.313 e. The molecule has 1 unspecified atom stereocenters. The van der Waals surface area contributed by atoms with Crippen LogP contribution in [-0.4, -0.2) is 60.9 Å². The lowest BCUT2D eigenvalue weighted by Crippen LogP contribution is -2.26. The number of anilines is 1. The van der Waals surface area contributed by atoms with Crippen molar-refractivity contribution < 1.29 is 14.3 Å². The van der Waals surface area contributed by atoms with E-state index in [0.29, 0.717) is 25.1 Å². The van der Waals surface area contributed by atoms with Gasteiger partial charge in [0.1, 0.15) is 0 Å². The first-order valence-electron chi connectivity index (χ1n) is 12.9. The quantitative estimate of drug-likeness (QED) is 0.377. The average Bonchev–Trinajstić information content (AvgIpc) is 3.65. The third-order valence-corrected chi connectivity index (χ3v) is 6.89. The van der Waals surface area contributed by atoms with Gasteiger partial charge < -0.3 is 15.0 Å². The van der Waals surface area contributed by atoms with Gasteiger partial charge in [-0.3, -0.25) is 9.59 Å². The Balaban J connectivity index is 1.09. The van der Waals surface area contributed by atoms with E-state index in [0.717, 1.165) is 30.5 Å². The molecule has 38 heavy (non-hydrogen) atoms. The van der Waals surface area contributed by atoms with Crippen molar-refractivity contribution in [3.05, 3.63) is 71.3 Å². The second kappa shape index (κ2) is 10.7. The third-order valence-electron chi connectivity index (χ3n) is 6.89. The molecule has 198 valence electrons. The predicted octanol–water partition coefficient (Wildman–Crippen LogP) is 3.22. The first-order chi connectivity index (χ1) is 18.2. The highest BCUT2D eigenvalue weighted by molar-refractivity contribution is 5.92. The minimum Gasteiger partial charge on any atom is -0.442 e. The lowest BCUT2D eigenvalue weighted by molar-refractivity contribution is -0.157. The maximum absolute atomic E-state index is 12.8. The molecular formula is C28H33N7O3. The van der Waals surface area contributed by atoms with Crippen LogP contribution < -0.4 is 5.32 Å². The van der Waals surface area contributed by atoms with Crippen LogP contribution in [0.25, 0.3) is 6.08 Å². The van der Waals surface area contributed by atoms with Crippen molar-refractivity contribution in [3.63, 3.8) is 0 Å². The second-order valence-corrected chi connectivity index (χ2v) is 11.0. The molecule has 0 saturated carbocycles. The van der Waals surface area contributed by atoms with E-state index in [1.54, 1.807) is 56.4 Å². The van der Waals surface area contributed by atoms with Gasteiger partial charge in [0.25, 0.3) is 0 Å². The molecule has 1 amide bonds. The summed E-state index contributed by atoms with van der Waals surface area (Å²) in [6.07, 6.45) is 11.3. The summed E-state index contributed by atoms with van der Waals surface area (Å²) < 4.78 is 6.80. The minimum atomic E-state index is -0.572. The topological polar surface area (TPSA) is 115 Å².